The zero-order valence-electron chi connectivity index (χ0n) is 9.44. The van der Waals surface area contributed by atoms with Crippen LogP contribution in [0.1, 0.15) is 11.3 Å². The highest BCUT2D eigenvalue weighted by atomic mass is 32.2. The molecule has 0 saturated carbocycles. The molecule has 0 radical (unpaired) electrons. The molecule has 0 amide bonds. The van der Waals surface area contributed by atoms with Gasteiger partial charge >= 0.3 is 6.18 Å². The van der Waals surface area contributed by atoms with Crippen LogP contribution in [0.25, 0.3) is 0 Å². The van der Waals surface area contributed by atoms with Crippen LogP contribution in [0.5, 0.6) is 0 Å². The van der Waals surface area contributed by atoms with Crippen molar-refractivity contribution < 1.29 is 26.7 Å². The van der Waals surface area contributed by atoms with E-state index in [-0.39, 0.29) is 9.77 Å². The van der Waals surface area contributed by atoms with E-state index in [0.29, 0.717) is 4.31 Å². The normalized spacial score (nSPS) is 13.2. The third-order valence-corrected chi connectivity index (χ3v) is 5.22. The number of halogens is 3. The van der Waals surface area contributed by atoms with Gasteiger partial charge in [0.25, 0.3) is 0 Å². The fourth-order valence-corrected chi connectivity index (χ4v) is 3.68. The molecule has 0 spiro atoms. The predicted molar refractivity (Wildman–Crippen MR) is 60.7 cm³/mol. The number of nitrogens with zero attached hydrogens (tertiary/aromatic N) is 1. The van der Waals surface area contributed by atoms with Crippen molar-refractivity contribution in [2.75, 3.05) is 13.6 Å². The van der Waals surface area contributed by atoms with Gasteiger partial charge in [-0.1, -0.05) is 0 Å². The average Bonchev–Trinajstić information content (AvgIpc) is 2.73. The van der Waals surface area contributed by atoms with Crippen molar-refractivity contribution in [3.63, 3.8) is 0 Å². The van der Waals surface area contributed by atoms with Crippen molar-refractivity contribution in [2.45, 2.75) is 24.1 Å². The minimum atomic E-state index is -4.40. The van der Waals surface area contributed by atoms with Crippen molar-refractivity contribution in [3.05, 3.63) is 16.3 Å². The summed E-state index contributed by atoms with van der Waals surface area (Å²) in [6.45, 7) is -1.11. The number of hydrogen-bond acceptors (Lipinski definition) is 4. The van der Waals surface area contributed by atoms with Gasteiger partial charge in [-0.15, -0.1) is 11.3 Å². The molecule has 0 unspecified atom stereocenters. The van der Waals surface area contributed by atoms with Crippen molar-refractivity contribution in [1.29, 1.82) is 0 Å². The Balaban J connectivity index is 2.87. The van der Waals surface area contributed by atoms with E-state index < -0.39 is 35.8 Å². The topological polar surface area (TPSA) is 57.6 Å². The maximum absolute atomic E-state index is 12.0. The summed E-state index contributed by atoms with van der Waals surface area (Å²) in [6, 6.07) is 1.27. The molecule has 0 bridgehead atoms. The summed E-state index contributed by atoms with van der Waals surface area (Å²) < 4.78 is 60.6. The number of thiophene rings is 1. The van der Waals surface area contributed by atoms with Crippen LogP contribution < -0.4 is 0 Å². The highest BCUT2D eigenvalue weighted by Gasteiger charge is 2.31. The van der Waals surface area contributed by atoms with Gasteiger partial charge in [-0.25, -0.2) is 12.7 Å². The van der Waals surface area contributed by atoms with E-state index in [1.54, 1.807) is 0 Å². The fraction of sp³-hybridized carbons (Fsp3) is 0.556. The van der Waals surface area contributed by atoms with Crippen molar-refractivity contribution in [1.82, 2.24) is 4.31 Å². The van der Waals surface area contributed by atoms with Gasteiger partial charge in [0.15, 0.2) is 0 Å². The Morgan fingerprint density at radius 1 is 1.44 bits per heavy atom. The molecule has 1 heterocycles. The Bertz CT molecular complexity index is 495. The lowest BCUT2D eigenvalue weighted by molar-refractivity contribution is -0.135. The Hall–Kier alpha value is -0.640. The van der Waals surface area contributed by atoms with Gasteiger partial charge in [-0.3, -0.25) is 0 Å². The molecular weight excluding hydrogens is 291 g/mol. The maximum Gasteiger partial charge on any atom is 0.390 e. The summed E-state index contributed by atoms with van der Waals surface area (Å²) >= 11 is 1.04. The van der Waals surface area contributed by atoms with Gasteiger partial charge in [0.2, 0.25) is 10.0 Å². The fourth-order valence-electron chi connectivity index (χ4n) is 1.25. The number of rotatable bonds is 5. The Morgan fingerprint density at radius 3 is 2.56 bits per heavy atom. The smallest absolute Gasteiger partial charge is 0.390 e. The van der Waals surface area contributed by atoms with Crippen molar-refractivity contribution in [3.8, 4) is 0 Å². The molecule has 0 aliphatic carbocycles. The maximum atomic E-state index is 12.0. The second-order valence-corrected chi connectivity index (χ2v) is 6.57. The molecule has 1 rings (SSSR count). The summed E-state index contributed by atoms with van der Waals surface area (Å²) in [7, 11) is -2.89. The molecule has 0 saturated heterocycles. The molecule has 0 aliphatic heterocycles. The van der Waals surface area contributed by atoms with Gasteiger partial charge in [0, 0.05) is 18.5 Å². The Labute approximate surface area is 107 Å². The van der Waals surface area contributed by atoms with Crippen LogP contribution in [0.3, 0.4) is 0 Å². The van der Waals surface area contributed by atoms with Crippen molar-refractivity contribution >= 4 is 21.4 Å². The van der Waals surface area contributed by atoms with E-state index in [1.165, 1.54) is 11.4 Å². The lowest BCUT2D eigenvalue weighted by atomic mass is 10.4. The average molecular weight is 303 g/mol. The van der Waals surface area contributed by atoms with E-state index in [9.17, 15) is 21.6 Å². The number of aliphatic hydroxyl groups excluding tert-OH is 1. The van der Waals surface area contributed by atoms with E-state index in [0.717, 1.165) is 18.4 Å². The number of alkyl halides is 3. The number of aliphatic hydroxyl groups is 1. The lowest BCUT2D eigenvalue weighted by Gasteiger charge is -2.18. The molecule has 0 atom stereocenters. The van der Waals surface area contributed by atoms with Gasteiger partial charge in [0.1, 0.15) is 0 Å². The minimum Gasteiger partial charge on any atom is -0.391 e. The van der Waals surface area contributed by atoms with Gasteiger partial charge in [-0.2, -0.15) is 13.2 Å². The quantitative estimate of drug-likeness (QED) is 0.902. The SMILES string of the molecule is CN(CCC(F)(F)F)S(=O)(=O)c1ccsc1CO. The summed E-state index contributed by atoms with van der Waals surface area (Å²) in [4.78, 5) is 0.0773. The lowest BCUT2D eigenvalue weighted by Crippen LogP contribution is -2.30. The molecular formula is C9H12F3NO3S2. The highest BCUT2D eigenvalue weighted by molar-refractivity contribution is 7.89. The summed E-state index contributed by atoms with van der Waals surface area (Å²) in [5.74, 6) is 0. The first-order chi connectivity index (χ1) is 8.18. The predicted octanol–water partition coefficient (Wildman–Crippen LogP) is 1.81. The van der Waals surface area contributed by atoms with E-state index in [1.807, 2.05) is 0 Å². The molecule has 4 nitrogen and oxygen atoms in total. The minimum absolute atomic E-state index is 0.139. The van der Waals surface area contributed by atoms with Crippen molar-refractivity contribution in [2.24, 2.45) is 0 Å². The second kappa shape index (κ2) is 5.55. The standard InChI is InChI=1S/C9H12F3NO3S2/c1-13(4-3-9(10,11)12)18(15,16)8-2-5-17-7(8)6-14/h2,5,14H,3-4,6H2,1H3. The monoisotopic (exact) mass is 303 g/mol. The first kappa shape index (κ1) is 15.4. The van der Waals surface area contributed by atoms with Crippen LogP contribution >= 0.6 is 11.3 Å². The molecule has 0 fully saturated rings. The Kier molecular flexibility index (Phi) is 4.76. The first-order valence-electron chi connectivity index (χ1n) is 4.89. The highest BCUT2D eigenvalue weighted by Crippen LogP contribution is 2.26. The van der Waals surface area contributed by atoms with Crippen LogP contribution in [0.15, 0.2) is 16.3 Å². The van der Waals surface area contributed by atoms with Crippen LogP contribution in [-0.4, -0.2) is 37.6 Å². The largest absolute Gasteiger partial charge is 0.391 e. The van der Waals surface area contributed by atoms with Gasteiger partial charge in [-0.05, 0) is 11.4 Å². The zero-order valence-corrected chi connectivity index (χ0v) is 11.1. The summed E-state index contributed by atoms with van der Waals surface area (Å²) in [5.41, 5.74) is 0. The third kappa shape index (κ3) is 3.67. The third-order valence-electron chi connectivity index (χ3n) is 2.25. The molecule has 1 aromatic rings. The molecule has 18 heavy (non-hydrogen) atoms. The summed E-state index contributed by atoms with van der Waals surface area (Å²) in [5, 5.41) is 10.4. The van der Waals surface area contributed by atoms with E-state index in [4.69, 9.17) is 5.11 Å². The first-order valence-corrected chi connectivity index (χ1v) is 7.21. The van der Waals surface area contributed by atoms with E-state index >= 15 is 0 Å². The molecule has 1 N–H and O–H groups in total. The Morgan fingerprint density at radius 2 is 2.06 bits per heavy atom. The van der Waals surface area contributed by atoms with Crippen LogP contribution in [-0.2, 0) is 16.6 Å². The molecule has 0 aliphatic rings. The molecule has 1 aromatic heterocycles. The van der Waals surface area contributed by atoms with Crippen LogP contribution in [0.2, 0.25) is 0 Å². The molecule has 9 heteroatoms. The number of sulfonamides is 1. The van der Waals surface area contributed by atoms with Crippen LogP contribution in [0.4, 0.5) is 13.2 Å². The molecule has 0 aromatic carbocycles. The van der Waals surface area contributed by atoms with E-state index in [2.05, 4.69) is 0 Å². The zero-order chi connectivity index (χ0) is 14.0. The second-order valence-electron chi connectivity index (χ2n) is 3.56. The van der Waals surface area contributed by atoms with Gasteiger partial charge in [0.05, 0.1) is 17.9 Å². The number of hydrogen-bond donors (Lipinski definition) is 1. The van der Waals surface area contributed by atoms with Gasteiger partial charge < -0.3 is 5.11 Å². The van der Waals surface area contributed by atoms with Crippen LogP contribution in [0, 0.1) is 0 Å². The molecule has 104 valence electrons. The summed E-state index contributed by atoms with van der Waals surface area (Å²) in [6.07, 6.45) is -5.61.